The van der Waals surface area contributed by atoms with Crippen molar-refractivity contribution in [2.45, 2.75) is 31.5 Å². The first-order valence-electron chi connectivity index (χ1n) is 6.88. The highest BCUT2D eigenvalue weighted by Gasteiger charge is 2.27. The van der Waals surface area contributed by atoms with Crippen LogP contribution in [0, 0.1) is 0 Å². The van der Waals surface area contributed by atoms with Gasteiger partial charge in [-0.3, -0.25) is 4.79 Å². The lowest BCUT2D eigenvalue weighted by atomic mass is 9.87. The fourth-order valence-electron chi connectivity index (χ4n) is 2.46. The summed E-state index contributed by atoms with van der Waals surface area (Å²) < 4.78 is 5.69. The Morgan fingerprint density at radius 1 is 1.55 bits per heavy atom. The normalized spacial score (nSPS) is 18.1. The topological polar surface area (TPSA) is 26.3 Å². The summed E-state index contributed by atoms with van der Waals surface area (Å²) in [4.78, 5) is 12.2. The highest BCUT2D eigenvalue weighted by Crippen LogP contribution is 2.34. The van der Waals surface area contributed by atoms with Gasteiger partial charge in [0.15, 0.2) is 5.78 Å². The van der Waals surface area contributed by atoms with Crippen LogP contribution in [0.15, 0.2) is 30.9 Å². The maximum atomic E-state index is 12.2. The Balaban J connectivity index is 2.53. The summed E-state index contributed by atoms with van der Waals surface area (Å²) in [5.74, 6) is 0.889. The van der Waals surface area contributed by atoms with Crippen LogP contribution in [-0.4, -0.2) is 17.2 Å². The minimum atomic E-state index is -0.0749. The van der Waals surface area contributed by atoms with Crippen molar-refractivity contribution in [3.8, 4) is 5.75 Å². The lowest BCUT2D eigenvalue weighted by Crippen LogP contribution is -2.22. The third-order valence-electron chi connectivity index (χ3n) is 3.44. The van der Waals surface area contributed by atoms with Gasteiger partial charge in [0.2, 0.25) is 0 Å². The number of ether oxygens (including phenoxy) is 1. The Kier molecular flexibility index (Phi) is 4.81. The molecular weight excluding hydrogens is 316 g/mol. The van der Waals surface area contributed by atoms with Gasteiger partial charge in [-0.25, -0.2) is 0 Å². The molecule has 0 spiro atoms. The second-order valence-corrected chi connectivity index (χ2v) is 5.94. The van der Waals surface area contributed by atoms with Gasteiger partial charge in [0.05, 0.1) is 11.4 Å². The Morgan fingerprint density at radius 2 is 2.30 bits per heavy atom. The van der Waals surface area contributed by atoms with E-state index in [2.05, 4.69) is 28.6 Å². The van der Waals surface area contributed by atoms with Gasteiger partial charge >= 0.3 is 0 Å². The number of rotatable bonds is 4. The Hall–Kier alpha value is -1.35. The van der Waals surface area contributed by atoms with E-state index in [1.165, 1.54) is 0 Å². The molecule has 1 aliphatic rings. The van der Waals surface area contributed by atoms with Crippen molar-refractivity contribution in [1.82, 2.24) is 0 Å². The van der Waals surface area contributed by atoms with E-state index in [4.69, 9.17) is 4.74 Å². The summed E-state index contributed by atoms with van der Waals surface area (Å²) in [6, 6.07) is 3.93. The molecule has 0 heterocycles. The third kappa shape index (κ3) is 2.88. The Bertz CT molecular complexity index is 573. The van der Waals surface area contributed by atoms with Crippen molar-refractivity contribution in [3.63, 3.8) is 0 Å². The van der Waals surface area contributed by atoms with Gasteiger partial charge in [0, 0.05) is 11.1 Å². The van der Waals surface area contributed by atoms with Gasteiger partial charge in [-0.15, -0.1) is 0 Å². The molecule has 0 N–H and O–H groups in total. The number of ketones is 1. The van der Waals surface area contributed by atoms with Gasteiger partial charge in [0.25, 0.3) is 0 Å². The molecule has 2 nitrogen and oxygen atoms in total. The van der Waals surface area contributed by atoms with Crippen molar-refractivity contribution in [2.24, 2.45) is 0 Å². The summed E-state index contributed by atoms with van der Waals surface area (Å²) in [7, 11) is 0. The van der Waals surface area contributed by atoms with E-state index in [0.717, 1.165) is 40.9 Å². The number of aryl methyl sites for hydroxylation is 1. The monoisotopic (exact) mass is 334 g/mol. The van der Waals surface area contributed by atoms with Gasteiger partial charge in [-0.05, 0) is 50.0 Å². The number of halogens is 1. The van der Waals surface area contributed by atoms with Crippen LogP contribution in [0.2, 0.25) is 0 Å². The molecule has 0 saturated heterocycles. The van der Waals surface area contributed by atoms with Crippen LogP contribution in [0.5, 0.6) is 5.75 Å². The molecule has 1 aliphatic carbocycles. The standard InChI is InChI=1S/C17H19BrO2/c1-4-6-11(3)13-9-12-7-8-15(18)17(19)14(12)10-16(13)20-5-2/h4,6,9-10,15H,3,5,7-8H2,1-2H3/b6-4-. The van der Waals surface area contributed by atoms with Crippen molar-refractivity contribution >= 4 is 27.3 Å². The summed E-state index contributed by atoms with van der Waals surface area (Å²) >= 11 is 3.44. The Morgan fingerprint density at radius 3 is 2.95 bits per heavy atom. The molecule has 0 bridgehead atoms. The first-order valence-corrected chi connectivity index (χ1v) is 7.80. The molecule has 106 valence electrons. The number of carbonyl (C=O) groups excluding carboxylic acids is 1. The maximum Gasteiger partial charge on any atom is 0.176 e. The molecule has 0 fully saturated rings. The quantitative estimate of drug-likeness (QED) is 0.595. The van der Waals surface area contributed by atoms with Crippen LogP contribution < -0.4 is 4.74 Å². The van der Waals surface area contributed by atoms with Crippen molar-refractivity contribution in [2.75, 3.05) is 6.61 Å². The number of carbonyl (C=O) groups is 1. The number of Topliss-reactive ketones (excluding diaryl/α,β-unsaturated/α-hetero) is 1. The molecule has 0 amide bonds. The fourth-order valence-corrected chi connectivity index (χ4v) is 2.94. The molecule has 0 radical (unpaired) electrons. The summed E-state index contributed by atoms with van der Waals surface area (Å²) in [6.45, 7) is 8.55. The molecule has 0 aromatic heterocycles. The Labute approximate surface area is 128 Å². The zero-order valence-electron chi connectivity index (χ0n) is 11.9. The van der Waals surface area contributed by atoms with Crippen LogP contribution >= 0.6 is 15.9 Å². The predicted molar refractivity (Wildman–Crippen MR) is 86.8 cm³/mol. The van der Waals surface area contributed by atoms with Gasteiger partial charge in [-0.2, -0.15) is 0 Å². The second-order valence-electron chi connectivity index (χ2n) is 4.83. The number of allylic oxidation sites excluding steroid dienone is 3. The number of benzene rings is 1. The number of hydrogen-bond acceptors (Lipinski definition) is 2. The van der Waals surface area contributed by atoms with Crippen LogP contribution in [0.3, 0.4) is 0 Å². The maximum absolute atomic E-state index is 12.2. The second kappa shape index (κ2) is 6.40. The van der Waals surface area contributed by atoms with Crippen LogP contribution in [0.4, 0.5) is 0 Å². The van der Waals surface area contributed by atoms with E-state index in [-0.39, 0.29) is 10.6 Å². The number of hydrogen-bond donors (Lipinski definition) is 0. The summed E-state index contributed by atoms with van der Waals surface area (Å²) in [5.41, 5.74) is 3.75. The van der Waals surface area contributed by atoms with Crippen molar-refractivity contribution < 1.29 is 9.53 Å². The van der Waals surface area contributed by atoms with Gasteiger partial charge in [-0.1, -0.05) is 34.7 Å². The fraction of sp³-hybridized carbons (Fsp3) is 0.353. The molecule has 1 atom stereocenters. The molecule has 2 rings (SSSR count). The van der Waals surface area contributed by atoms with E-state index < -0.39 is 0 Å². The lowest BCUT2D eigenvalue weighted by Gasteiger charge is -2.22. The zero-order valence-corrected chi connectivity index (χ0v) is 13.5. The minimum Gasteiger partial charge on any atom is -0.493 e. The average Bonchev–Trinajstić information content (AvgIpc) is 2.43. The summed E-state index contributed by atoms with van der Waals surface area (Å²) in [5, 5.41) is 0. The molecular formula is C17H19BrO2. The molecule has 3 heteroatoms. The lowest BCUT2D eigenvalue weighted by molar-refractivity contribution is 0.0981. The molecule has 20 heavy (non-hydrogen) atoms. The van der Waals surface area contributed by atoms with Crippen LogP contribution in [0.1, 0.15) is 41.8 Å². The van der Waals surface area contributed by atoms with E-state index in [1.54, 1.807) is 0 Å². The number of fused-ring (bicyclic) bond motifs is 1. The van der Waals surface area contributed by atoms with Crippen LogP contribution in [0.25, 0.3) is 5.57 Å². The predicted octanol–water partition coefficient (Wildman–Crippen LogP) is 4.57. The first kappa shape index (κ1) is 15.0. The van der Waals surface area contributed by atoms with Crippen molar-refractivity contribution in [1.29, 1.82) is 0 Å². The zero-order chi connectivity index (χ0) is 14.7. The van der Waals surface area contributed by atoms with E-state index in [9.17, 15) is 4.79 Å². The van der Waals surface area contributed by atoms with E-state index in [1.807, 2.05) is 32.1 Å². The van der Waals surface area contributed by atoms with Crippen LogP contribution in [-0.2, 0) is 6.42 Å². The molecule has 1 aromatic carbocycles. The number of alkyl halides is 1. The van der Waals surface area contributed by atoms with E-state index in [0.29, 0.717) is 6.61 Å². The van der Waals surface area contributed by atoms with Crippen molar-refractivity contribution in [3.05, 3.63) is 47.6 Å². The first-order chi connectivity index (χ1) is 9.58. The van der Waals surface area contributed by atoms with Gasteiger partial charge < -0.3 is 4.74 Å². The molecule has 1 unspecified atom stereocenters. The van der Waals surface area contributed by atoms with E-state index >= 15 is 0 Å². The SMILES string of the molecule is C=C(/C=C\C)c1cc2c(cc1OCC)C(=O)C(Br)CC2. The third-order valence-corrected chi connectivity index (χ3v) is 4.31. The van der Waals surface area contributed by atoms with Gasteiger partial charge in [0.1, 0.15) is 5.75 Å². The minimum absolute atomic E-state index is 0.0749. The largest absolute Gasteiger partial charge is 0.493 e. The molecule has 0 saturated carbocycles. The highest BCUT2D eigenvalue weighted by atomic mass is 79.9. The smallest absolute Gasteiger partial charge is 0.176 e. The highest BCUT2D eigenvalue weighted by molar-refractivity contribution is 9.10. The molecule has 1 aromatic rings. The molecule has 0 aliphatic heterocycles. The summed E-state index contributed by atoms with van der Waals surface area (Å²) in [6.07, 6.45) is 5.66. The average molecular weight is 335 g/mol.